The van der Waals surface area contributed by atoms with E-state index in [4.69, 9.17) is 5.73 Å². The number of nitrogens with two attached hydrogens (primary N) is 1. The molecule has 0 atom stereocenters. The van der Waals surface area contributed by atoms with Crippen molar-refractivity contribution in [3.05, 3.63) is 69.9 Å². The van der Waals surface area contributed by atoms with Gasteiger partial charge in [0.05, 0.1) is 5.69 Å². The quantitative estimate of drug-likeness (QED) is 0.672. The number of hydrogen-bond acceptors (Lipinski definition) is 3. The summed E-state index contributed by atoms with van der Waals surface area (Å²) in [5, 5.41) is 9.42. The standard InChI is InChI=1S/C19H13BrFN3/c1-11-4-2-3-5-13(11)18-9-15(16(10-22)19(23)24-18)14-7-6-12(20)8-17(14)21/h2-9H,1H3,(H2,23,24). The number of nitrogens with zero attached hydrogens (tertiary/aromatic N) is 2. The van der Waals surface area contributed by atoms with Crippen LogP contribution in [0.1, 0.15) is 11.1 Å². The van der Waals surface area contributed by atoms with Crippen molar-refractivity contribution in [1.29, 1.82) is 5.26 Å². The van der Waals surface area contributed by atoms with E-state index < -0.39 is 5.82 Å². The highest BCUT2D eigenvalue weighted by atomic mass is 79.9. The fourth-order valence-corrected chi connectivity index (χ4v) is 2.93. The summed E-state index contributed by atoms with van der Waals surface area (Å²) in [4.78, 5) is 4.33. The molecule has 0 bridgehead atoms. The first-order valence-corrected chi connectivity index (χ1v) is 8.02. The monoisotopic (exact) mass is 381 g/mol. The molecule has 1 heterocycles. The number of halogens is 2. The molecule has 24 heavy (non-hydrogen) atoms. The molecule has 1 aromatic heterocycles. The molecule has 0 amide bonds. The molecule has 0 aliphatic carbocycles. The smallest absolute Gasteiger partial charge is 0.142 e. The van der Waals surface area contributed by atoms with Gasteiger partial charge in [0.15, 0.2) is 0 Å². The van der Waals surface area contributed by atoms with E-state index >= 15 is 0 Å². The number of aromatic nitrogens is 1. The Labute approximate surface area is 147 Å². The number of nitriles is 1. The summed E-state index contributed by atoms with van der Waals surface area (Å²) >= 11 is 3.24. The zero-order valence-corrected chi connectivity index (χ0v) is 14.4. The summed E-state index contributed by atoms with van der Waals surface area (Å²) in [7, 11) is 0. The van der Waals surface area contributed by atoms with Gasteiger partial charge in [0.25, 0.3) is 0 Å². The zero-order chi connectivity index (χ0) is 17.3. The van der Waals surface area contributed by atoms with E-state index in [1.807, 2.05) is 37.3 Å². The lowest BCUT2D eigenvalue weighted by Crippen LogP contribution is -2.01. The number of pyridine rings is 1. The fourth-order valence-electron chi connectivity index (χ4n) is 2.60. The first-order valence-electron chi connectivity index (χ1n) is 7.23. The van der Waals surface area contributed by atoms with Crippen LogP contribution in [-0.2, 0) is 0 Å². The fraction of sp³-hybridized carbons (Fsp3) is 0.0526. The van der Waals surface area contributed by atoms with Crippen LogP contribution in [0.5, 0.6) is 0 Å². The molecule has 0 radical (unpaired) electrons. The van der Waals surface area contributed by atoms with Crippen molar-refractivity contribution >= 4 is 21.7 Å². The number of nitrogen functional groups attached to an aromatic ring is 1. The molecule has 0 saturated heterocycles. The molecule has 3 nitrogen and oxygen atoms in total. The Balaban J connectivity index is 2.29. The van der Waals surface area contributed by atoms with Gasteiger partial charge in [-0.15, -0.1) is 0 Å². The number of aryl methyl sites for hydroxylation is 1. The maximum atomic E-state index is 14.4. The Bertz CT molecular complexity index is 977. The first-order chi connectivity index (χ1) is 11.5. The molecule has 118 valence electrons. The van der Waals surface area contributed by atoms with Crippen LogP contribution >= 0.6 is 15.9 Å². The molecule has 0 fully saturated rings. The lowest BCUT2D eigenvalue weighted by Gasteiger charge is -2.12. The van der Waals surface area contributed by atoms with Gasteiger partial charge >= 0.3 is 0 Å². The average molecular weight is 382 g/mol. The summed E-state index contributed by atoms with van der Waals surface area (Å²) in [6, 6.07) is 16.2. The average Bonchev–Trinajstić information content (AvgIpc) is 2.54. The summed E-state index contributed by atoms with van der Waals surface area (Å²) < 4.78 is 15.0. The van der Waals surface area contributed by atoms with Crippen LogP contribution in [0, 0.1) is 24.1 Å². The molecule has 0 aliphatic heterocycles. The lowest BCUT2D eigenvalue weighted by molar-refractivity contribution is 0.630. The molecule has 0 unspecified atom stereocenters. The van der Waals surface area contributed by atoms with Crippen LogP contribution < -0.4 is 5.73 Å². The second-order valence-corrected chi connectivity index (χ2v) is 6.28. The van der Waals surface area contributed by atoms with Crippen molar-refractivity contribution in [2.75, 3.05) is 5.73 Å². The third kappa shape index (κ3) is 2.89. The Morgan fingerprint density at radius 1 is 1.08 bits per heavy atom. The molecule has 2 N–H and O–H groups in total. The summed E-state index contributed by atoms with van der Waals surface area (Å²) in [5.41, 5.74) is 9.44. The van der Waals surface area contributed by atoms with Crippen molar-refractivity contribution in [2.45, 2.75) is 6.92 Å². The second kappa shape index (κ2) is 6.42. The molecule has 5 heteroatoms. The molecule has 0 aliphatic rings. The highest BCUT2D eigenvalue weighted by Gasteiger charge is 2.17. The highest BCUT2D eigenvalue weighted by Crippen LogP contribution is 2.34. The van der Waals surface area contributed by atoms with Crippen LogP contribution in [0.25, 0.3) is 22.4 Å². The third-order valence-electron chi connectivity index (χ3n) is 3.80. The summed E-state index contributed by atoms with van der Waals surface area (Å²) in [6.45, 7) is 1.96. The normalized spacial score (nSPS) is 10.4. The second-order valence-electron chi connectivity index (χ2n) is 5.37. The first kappa shape index (κ1) is 16.2. The van der Waals surface area contributed by atoms with Crippen LogP contribution in [0.4, 0.5) is 10.2 Å². The van der Waals surface area contributed by atoms with E-state index in [0.29, 0.717) is 21.3 Å². The van der Waals surface area contributed by atoms with Crippen molar-refractivity contribution in [2.24, 2.45) is 0 Å². The van der Waals surface area contributed by atoms with Crippen molar-refractivity contribution < 1.29 is 4.39 Å². The SMILES string of the molecule is Cc1ccccc1-c1cc(-c2ccc(Br)cc2F)c(C#N)c(N)n1. The van der Waals surface area contributed by atoms with Gasteiger partial charge < -0.3 is 5.73 Å². The predicted octanol–water partition coefficient (Wildman–Crippen LogP) is 5.08. The lowest BCUT2D eigenvalue weighted by atomic mass is 9.97. The number of hydrogen-bond donors (Lipinski definition) is 1. The summed E-state index contributed by atoms with van der Waals surface area (Å²) in [6.07, 6.45) is 0. The molecule has 0 saturated carbocycles. The Morgan fingerprint density at radius 3 is 2.50 bits per heavy atom. The molecular weight excluding hydrogens is 369 g/mol. The van der Waals surface area contributed by atoms with Gasteiger partial charge in [-0.1, -0.05) is 46.3 Å². The summed E-state index contributed by atoms with van der Waals surface area (Å²) in [5.74, 6) is -0.335. The minimum atomic E-state index is -0.429. The van der Waals surface area contributed by atoms with Crippen LogP contribution in [0.15, 0.2) is 53.0 Å². The van der Waals surface area contributed by atoms with E-state index in [2.05, 4.69) is 20.9 Å². The topological polar surface area (TPSA) is 62.7 Å². The van der Waals surface area contributed by atoms with E-state index in [-0.39, 0.29) is 11.4 Å². The van der Waals surface area contributed by atoms with E-state index in [9.17, 15) is 9.65 Å². The maximum Gasteiger partial charge on any atom is 0.142 e. The van der Waals surface area contributed by atoms with Gasteiger partial charge in [-0.25, -0.2) is 9.37 Å². The van der Waals surface area contributed by atoms with E-state index in [1.165, 1.54) is 6.07 Å². The van der Waals surface area contributed by atoms with Crippen LogP contribution in [-0.4, -0.2) is 4.98 Å². The van der Waals surface area contributed by atoms with Crippen molar-refractivity contribution in [3.63, 3.8) is 0 Å². The Kier molecular flexibility index (Phi) is 4.32. The third-order valence-corrected chi connectivity index (χ3v) is 4.29. The largest absolute Gasteiger partial charge is 0.383 e. The molecule has 3 aromatic rings. The van der Waals surface area contributed by atoms with Crippen LogP contribution in [0.2, 0.25) is 0 Å². The van der Waals surface area contributed by atoms with E-state index in [1.54, 1.807) is 18.2 Å². The van der Waals surface area contributed by atoms with Gasteiger partial charge in [-0.3, -0.25) is 0 Å². The Morgan fingerprint density at radius 2 is 1.83 bits per heavy atom. The predicted molar refractivity (Wildman–Crippen MR) is 96.6 cm³/mol. The van der Waals surface area contributed by atoms with Crippen molar-refractivity contribution in [3.8, 4) is 28.5 Å². The minimum absolute atomic E-state index is 0.0931. The molecule has 0 spiro atoms. The molecular formula is C19H13BrFN3. The van der Waals surface area contributed by atoms with Gasteiger partial charge in [0.1, 0.15) is 23.3 Å². The highest BCUT2D eigenvalue weighted by molar-refractivity contribution is 9.10. The van der Waals surface area contributed by atoms with Gasteiger partial charge in [-0.2, -0.15) is 5.26 Å². The van der Waals surface area contributed by atoms with Crippen LogP contribution in [0.3, 0.4) is 0 Å². The van der Waals surface area contributed by atoms with E-state index in [0.717, 1.165) is 11.1 Å². The van der Waals surface area contributed by atoms with Gasteiger partial charge in [0.2, 0.25) is 0 Å². The van der Waals surface area contributed by atoms with Gasteiger partial charge in [0, 0.05) is 21.2 Å². The zero-order valence-electron chi connectivity index (χ0n) is 12.8. The Hall–Kier alpha value is -2.71. The maximum absolute atomic E-state index is 14.4. The molecule has 3 rings (SSSR count). The number of rotatable bonds is 2. The molecule has 2 aromatic carbocycles. The van der Waals surface area contributed by atoms with Gasteiger partial charge in [-0.05, 0) is 30.7 Å². The number of benzene rings is 2. The van der Waals surface area contributed by atoms with Crippen molar-refractivity contribution in [1.82, 2.24) is 4.98 Å². The minimum Gasteiger partial charge on any atom is -0.383 e. The number of anilines is 1.